The number of halogens is 2. The van der Waals surface area contributed by atoms with Crippen molar-refractivity contribution in [3.63, 3.8) is 0 Å². The first-order valence-corrected chi connectivity index (χ1v) is 7.13. The number of hydrogen-bond acceptors (Lipinski definition) is 4. The van der Waals surface area contributed by atoms with Gasteiger partial charge < -0.3 is 9.47 Å². The lowest BCUT2D eigenvalue weighted by Gasteiger charge is -2.07. The minimum absolute atomic E-state index is 0.0181. The van der Waals surface area contributed by atoms with Gasteiger partial charge in [0, 0.05) is 0 Å². The van der Waals surface area contributed by atoms with Crippen molar-refractivity contribution < 1.29 is 14.3 Å². The smallest absolute Gasteiger partial charge is 0.363 e. The molecule has 2 aromatic rings. The van der Waals surface area contributed by atoms with Crippen LogP contribution < -0.4 is 9.47 Å². The Labute approximate surface area is 132 Å². The third-order valence-corrected chi connectivity index (χ3v) is 3.03. The van der Waals surface area contributed by atoms with Crippen molar-refractivity contribution in [1.82, 2.24) is 4.98 Å². The van der Waals surface area contributed by atoms with Gasteiger partial charge in [0.1, 0.15) is 16.7 Å². The molecule has 0 unspecified atom stereocenters. The van der Waals surface area contributed by atoms with Gasteiger partial charge in [-0.15, -0.1) is 0 Å². The molecule has 2 rings (SSSR count). The van der Waals surface area contributed by atoms with Gasteiger partial charge in [0.05, 0.1) is 11.6 Å². The van der Waals surface area contributed by atoms with Crippen LogP contribution in [-0.4, -0.2) is 17.6 Å². The van der Waals surface area contributed by atoms with Crippen LogP contribution in [0.4, 0.5) is 0 Å². The van der Waals surface area contributed by atoms with Gasteiger partial charge in [0.2, 0.25) is 0 Å². The third kappa shape index (κ3) is 4.34. The summed E-state index contributed by atoms with van der Waals surface area (Å²) in [5.41, 5.74) is -0.0181. The predicted molar refractivity (Wildman–Crippen MR) is 81.4 cm³/mol. The van der Waals surface area contributed by atoms with Gasteiger partial charge in [0.25, 0.3) is 0 Å². The number of benzene rings is 1. The summed E-state index contributed by atoms with van der Waals surface area (Å²) in [4.78, 5) is 15.8. The zero-order chi connectivity index (χ0) is 15.2. The summed E-state index contributed by atoms with van der Waals surface area (Å²) in [6.07, 6.45) is 0.926. The number of hydrogen-bond donors (Lipinski definition) is 0. The fourth-order valence-electron chi connectivity index (χ4n) is 1.54. The molecule has 0 atom stereocenters. The van der Waals surface area contributed by atoms with Gasteiger partial charge in [-0.2, -0.15) is 0 Å². The molecule has 0 aliphatic heterocycles. The number of ether oxygens (including phenoxy) is 2. The van der Waals surface area contributed by atoms with E-state index in [0.29, 0.717) is 12.4 Å². The molecular weight excluding hydrogens is 313 g/mol. The third-order valence-electron chi connectivity index (χ3n) is 2.51. The minimum atomic E-state index is -0.662. The maximum atomic E-state index is 12.0. The fourth-order valence-corrected chi connectivity index (χ4v) is 1.87. The van der Waals surface area contributed by atoms with Crippen LogP contribution in [-0.2, 0) is 0 Å². The molecule has 0 amide bonds. The molecule has 0 fully saturated rings. The van der Waals surface area contributed by atoms with Gasteiger partial charge in [0.15, 0.2) is 5.69 Å². The monoisotopic (exact) mass is 325 g/mol. The van der Waals surface area contributed by atoms with Crippen molar-refractivity contribution in [3.05, 3.63) is 52.3 Å². The zero-order valence-corrected chi connectivity index (χ0v) is 12.8. The topological polar surface area (TPSA) is 48.4 Å². The number of nitrogens with zero attached hydrogens (tertiary/aromatic N) is 1. The predicted octanol–water partition coefficient (Wildman–Crippen LogP) is 4.40. The molecule has 1 aromatic heterocycles. The highest BCUT2D eigenvalue weighted by Gasteiger charge is 2.15. The van der Waals surface area contributed by atoms with Crippen molar-refractivity contribution in [1.29, 1.82) is 0 Å². The van der Waals surface area contributed by atoms with Crippen molar-refractivity contribution in [3.8, 4) is 11.5 Å². The normalized spacial score (nSPS) is 10.2. The summed E-state index contributed by atoms with van der Waals surface area (Å²) in [6, 6.07) is 9.73. The van der Waals surface area contributed by atoms with Crippen molar-refractivity contribution in [2.24, 2.45) is 0 Å². The zero-order valence-electron chi connectivity index (χ0n) is 11.3. The molecule has 4 nitrogen and oxygen atoms in total. The van der Waals surface area contributed by atoms with Gasteiger partial charge in [-0.05, 0) is 42.8 Å². The summed E-state index contributed by atoms with van der Waals surface area (Å²) in [5.74, 6) is 0.432. The maximum absolute atomic E-state index is 12.0. The number of rotatable bonds is 5. The lowest BCUT2D eigenvalue weighted by atomic mass is 10.3. The SMILES string of the molecule is CCCOc1ccc(OC(=O)c2nc(Cl)ccc2Cl)cc1. The Morgan fingerprint density at radius 2 is 1.76 bits per heavy atom. The standard InChI is InChI=1S/C15H13Cl2NO3/c1-2-9-20-10-3-5-11(6-4-10)21-15(19)14-12(16)7-8-13(17)18-14/h3-8H,2,9H2,1H3. The Balaban J connectivity index is 2.07. The molecule has 0 saturated carbocycles. The Bertz CT molecular complexity index is 629. The van der Waals surface area contributed by atoms with E-state index < -0.39 is 5.97 Å². The van der Waals surface area contributed by atoms with Crippen LogP contribution >= 0.6 is 23.2 Å². The van der Waals surface area contributed by atoms with Crippen molar-refractivity contribution in [2.75, 3.05) is 6.61 Å². The number of aromatic nitrogens is 1. The van der Waals surface area contributed by atoms with Gasteiger partial charge >= 0.3 is 5.97 Å². The highest BCUT2D eigenvalue weighted by Crippen LogP contribution is 2.21. The summed E-state index contributed by atoms with van der Waals surface area (Å²) in [7, 11) is 0. The van der Waals surface area contributed by atoms with Crippen LogP contribution in [0.1, 0.15) is 23.8 Å². The van der Waals surface area contributed by atoms with E-state index >= 15 is 0 Å². The van der Waals surface area contributed by atoms with Gasteiger partial charge in [-0.3, -0.25) is 0 Å². The minimum Gasteiger partial charge on any atom is -0.494 e. The highest BCUT2D eigenvalue weighted by atomic mass is 35.5. The molecular formula is C15H13Cl2NO3. The van der Waals surface area contributed by atoms with Gasteiger partial charge in [-0.1, -0.05) is 30.1 Å². The molecule has 21 heavy (non-hydrogen) atoms. The summed E-state index contributed by atoms with van der Waals surface area (Å²) in [5, 5.41) is 0.363. The Morgan fingerprint density at radius 1 is 1.10 bits per heavy atom. The van der Waals surface area contributed by atoms with Gasteiger partial charge in [-0.25, -0.2) is 9.78 Å². The summed E-state index contributed by atoms with van der Waals surface area (Å²) in [6.45, 7) is 2.67. The van der Waals surface area contributed by atoms with E-state index in [9.17, 15) is 4.79 Å². The molecule has 1 heterocycles. The van der Waals surface area contributed by atoms with E-state index in [1.165, 1.54) is 12.1 Å². The van der Waals surface area contributed by atoms with E-state index in [-0.39, 0.29) is 15.9 Å². The van der Waals surface area contributed by atoms with Crippen LogP contribution in [0.3, 0.4) is 0 Å². The molecule has 0 N–H and O–H groups in total. The molecule has 6 heteroatoms. The Morgan fingerprint density at radius 3 is 2.43 bits per heavy atom. The number of pyridine rings is 1. The first kappa shape index (κ1) is 15.6. The molecule has 1 aromatic carbocycles. The van der Waals surface area contributed by atoms with E-state index in [1.54, 1.807) is 24.3 Å². The Hall–Kier alpha value is -1.78. The van der Waals surface area contributed by atoms with E-state index in [2.05, 4.69) is 4.98 Å². The molecule has 0 aliphatic carbocycles. The number of carbonyl (C=O) groups is 1. The van der Waals surface area contributed by atoms with Crippen LogP contribution in [0.15, 0.2) is 36.4 Å². The largest absolute Gasteiger partial charge is 0.494 e. The fraction of sp³-hybridized carbons (Fsp3) is 0.200. The van der Waals surface area contributed by atoms with Crippen molar-refractivity contribution >= 4 is 29.2 Å². The lowest BCUT2D eigenvalue weighted by molar-refractivity contribution is 0.0728. The summed E-state index contributed by atoms with van der Waals surface area (Å²) >= 11 is 11.6. The average Bonchev–Trinajstić information content (AvgIpc) is 2.49. The quantitative estimate of drug-likeness (QED) is 0.464. The average molecular weight is 326 g/mol. The second-order valence-electron chi connectivity index (χ2n) is 4.17. The molecule has 0 bridgehead atoms. The molecule has 0 aliphatic rings. The molecule has 0 saturated heterocycles. The lowest BCUT2D eigenvalue weighted by Crippen LogP contribution is -2.11. The van der Waals surface area contributed by atoms with Crippen LogP contribution in [0.25, 0.3) is 0 Å². The first-order chi connectivity index (χ1) is 10.1. The second-order valence-corrected chi connectivity index (χ2v) is 4.97. The molecule has 0 radical (unpaired) electrons. The molecule has 110 valence electrons. The van der Waals surface area contributed by atoms with Crippen LogP contribution in [0, 0.1) is 0 Å². The number of esters is 1. The maximum Gasteiger partial charge on any atom is 0.363 e. The van der Waals surface area contributed by atoms with Crippen molar-refractivity contribution in [2.45, 2.75) is 13.3 Å². The Kier molecular flexibility index (Phi) is 5.42. The van der Waals surface area contributed by atoms with E-state index in [4.69, 9.17) is 32.7 Å². The first-order valence-electron chi connectivity index (χ1n) is 6.37. The molecule has 0 spiro atoms. The van der Waals surface area contributed by atoms with E-state index in [1.807, 2.05) is 6.92 Å². The van der Waals surface area contributed by atoms with Crippen LogP contribution in [0.5, 0.6) is 11.5 Å². The highest BCUT2D eigenvalue weighted by molar-refractivity contribution is 6.34. The second kappa shape index (κ2) is 7.29. The van der Waals surface area contributed by atoms with Crippen LogP contribution in [0.2, 0.25) is 10.2 Å². The van der Waals surface area contributed by atoms with E-state index in [0.717, 1.165) is 12.2 Å². The summed E-state index contributed by atoms with van der Waals surface area (Å²) < 4.78 is 10.6. The number of carbonyl (C=O) groups excluding carboxylic acids is 1.